The van der Waals surface area contributed by atoms with E-state index in [0.29, 0.717) is 18.9 Å². The molecule has 0 bridgehead atoms. The third kappa shape index (κ3) is 4.56. The number of hydrogen-bond donors (Lipinski definition) is 1. The van der Waals surface area contributed by atoms with E-state index in [0.717, 1.165) is 25.9 Å². The zero-order valence-electron chi connectivity index (χ0n) is 11.3. The van der Waals surface area contributed by atoms with Crippen molar-refractivity contribution in [1.82, 2.24) is 9.62 Å². The largest absolute Gasteiger partial charge is 0.317 e. The summed E-state index contributed by atoms with van der Waals surface area (Å²) in [5, 5.41) is 3.16. The zero-order chi connectivity index (χ0) is 12.9. The van der Waals surface area contributed by atoms with Crippen LogP contribution in [0.25, 0.3) is 0 Å². The van der Waals surface area contributed by atoms with Crippen LogP contribution in [-0.2, 0) is 10.0 Å². The molecule has 17 heavy (non-hydrogen) atoms. The van der Waals surface area contributed by atoms with Crippen LogP contribution in [0.4, 0.5) is 0 Å². The predicted molar refractivity (Wildman–Crippen MR) is 71.5 cm³/mol. The van der Waals surface area contributed by atoms with E-state index in [1.165, 1.54) is 0 Å². The number of nitrogens with one attached hydrogen (secondary N) is 1. The summed E-state index contributed by atoms with van der Waals surface area (Å²) in [4.78, 5) is 0. The lowest BCUT2D eigenvalue weighted by Gasteiger charge is -2.35. The average Bonchev–Trinajstić information content (AvgIpc) is 2.28. The van der Waals surface area contributed by atoms with E-state index >= 15 is 0 Å². The van der Waals surface area contributed by atoms with E-state index < -0.39 is 10.0 Å². The minimum Gasteiger partial charge on any atom is -0.317 e. The van der Waals surface area contributed by atoms with Crippen LogP contribution in [0.1, 0.15) is 40.0 Å². The lowest BCUT2D eigenvalue weighted by Crippen LogP contribution is -2.46. The molecule has 0 amide bonds. The Morgan fingerprint density at radius 2 is 2.00 bits per heavy atom. The van der Waals surface area contributed by atoms with Gasteiger partial charge in [0.15, 0.2) is 0 Å². The molecule has 0 aromatic rings. The van der Waals surface area contributed by atoms with E-state index in [1.54, 1.807) is 4.31 Å². The van der Waals surface area contributed by atoms with Crippen LogP contribution in [0.2, 0.25) is 0 Å². The Morgan fingerprint density at radius 3 is 2.65 bits per heavy atom. The Labute approximate surface area is 106 Å². The van der Waals surface area contributed by atoms with Crippen LogP contribution in [0, 0.1) is 5.92 Å². The van der Waals surface area contributed by atoms with Gasteiger partial charge in [0.2, 0.25) is 10.0 Å². The summed E-state index contributed by atoms with van der Waals surface area (Å²) in [6.07, 6.45) is 2.84. The molecular formula is C12H26N2O2S. The third-order valence-electron chi connectivity index (χ3n) is 3.42. The van der Waals surface area contributed by atoms with Gasteiger partial charge in [-0.25, -0.2) is 8.42 Å². The zero-order valence-corrected chi connectivity index (χ0v) is 12.1. The van der Waals surface area contributed by atoms with E-state index in [-0.39, 0.29) is 11.8 Å². The summed E-state index contributed by atoms with van der Waals surface area (Å²) in [5.74, 6) is 0.770. The summed E-state index contributed by atoms with van der Waals surface area (Å²) in [5.41, 5.74) is 0. The smallest absolute Gasteiger partial charge is 0.214 e. The van der Waals surface area contributed by atoms with Crippen LogP contribution in [0.15, 0.2) is 0 Å². The summed E-state index contributed by atoms with van der Waals surface area (Å²) >= 11 is 0. The van der Waals surface area contributed by atoms with E-state index in [4.69, 9.17) is 0 Å². The topological polar surface area (TPSA) is 49.4 Å². The van der Waals surface area contributed by atoms with E-state index in [2.05, 4.69) is 12.2 Å². The molecular weight excluding hydrogens is 236 g/mol. The molecule has 0 aromatic carbocycles. The lowest BCUT2D eigenvalue weighted by atomic mass is 9.97. The highest BCUT2D eigenvalue weighted by Gasteiger charge is 2.31. The molecule has 4 nitrogen and oxygen atoms in total. The maximum absolute atomic E-state index is 12.2. The molecule has 0 spiro atoms. The highest BCUT2D eigenvalue weighted by Crippen LogP contribution is 2.24. The molecule has 1 saturated heterocycles. The van der Waals surface area contributed by atoms with Crippen molar-refractivity contribution < 1.29 is 8.42 Å². The molecule has 2 unspecified atom stereocenters. The first-order chi connectivity index (χ1) is 7.97. The van der Waals surface area contributed by atoms with Crippen molar-refractivity contribution in [3.63, 3.8) is 0 Å². The molecule has 102 valence electrons. The number of rotatable bonds is 6. The van der Waals surface area contributed by atoms with Crippen LogP contribution >= 0.6 is 0 Å². The van der Waals surface area contributed by atoms with Crippen molar-refractivity contribution in [2.45, 2.75) is 46.1 Å². The molecule has 2 atom stereocenters. The number of nitrogens with zero attached hydrogens (tertiary/aromatic N) is 1. The Kier molecular flexibility index (Phi) is 5.89. The van der Waals surface area contributed by atoms with Crippen LogP contribution in [-0.4, -0.2) is 44.2 Å². The molecule has 1 fully saturated rings. The van der Waals surface area contributed by atoms with Gasteiger partial charge in [0.05, 0.1) is 5.75 Å². The Balaban J connectivity index is 2.50. The molecule has 1 rings (SSSR count). The van der Waals surface area contributed by atoms with Crippen LogP contribution in [0.3, 0.4) is 0 Å². The second-order valence-electron chi connectivity index (χ2n) is 5.12. The maximum atomic E-state index is 12.2. The third-order valence-corrected chi connectivity index (χ3v) is 5.45. The van der Waals surface area contributed by atoms with Gasteiger partial charge in [-0.05, 0) is 45.2 Å². The summed E-state index contributed by atoms with van der Waals surface area (Å²) < 4.78 is 26.1. The SMILES string of the molecule is CCNCCCS(=O)(=O)N1CC(C)CCC1C. The van der Waals surface area contributed by atoms with E-state index in [9.17, 15) is 8.42 Å². The van der Waals surface area contributed by atoms with Gasteiger partial charge < -0.3 is 5.32 Å². The fraction of sp³-hybridized carbons (Fsp3) is 1.00. The first kappa shape index (κ1) is 14.9. The fourth-order valence-electron chi connectivity index (χ4n) is 2.31. The fourth-order valence-corrected chi connectivity index (χ4v) is 4.19. The Bertz CT molecular complexity index is 316. The molecule has 0 aliphatic carbocycles. The van der Waals surface area contributed by atoms with Crippen molar-refractivity contribution in [2.75, 3.05) is 25.4 Å². The van der Waals surface area contributed by atoms with Gasteiger partial charge in [-0.2, -0.15) is 4.31 Å². The number of hydrogen-bond acceptors (Lipinski definition) is 3. The van der Waals surface area contributed by atoms with Gasteiger partial charge in [0.1, 0.15) is 0 Å². The molecule has 5 heteroatoms. The maximum Gasteiger partial charge on any atom is 0.214 e. The summed E-state index contributed by atoms with van der Waals surface area (Å²) in [7, 11) is -3.05. The molecule has 1 aliphatic heterocycles. The second kappa shape index (κ2) is 6.71. The lowest BCUT2D eigenvalue weighted by molar-refractivity contribution is 0.218. The van der Waals surface area contributed by atoms with E-state index in [1.807, 2.05) is 13.8 Å². The highest BCUT2D eigenvalue weighted by molar-refractivity contribution is 7.89. The van der Waals surface area contributed by atoms with Crippen molar-refractivity contribution in [3.8, 4) is 0 Å². The van der Waals surface area contributed by atoms with Gasteiger partial charge in [-0.3, -0.25) is 0 Å². The minimum absolute atomic E-state index is 0.176. The monoisotopic (exact) mass is 262 g/mol. The highest BCUT2D eigenvalue weighted by atomic mass is 32.2. The first-order valence-electron chi connectivity index (χ1n) is 6.67. The first-order valence-corrected chi connectivity index (χ1v) is 8.28. The minimum atomic E-state index is -3.05. The standard InChI is InChI=1S/C12H26N2O2S/c1-4-13-8-5-9-17(15,16)14-10-11(2)6-7-12(14)3/h11-13H,4-10H2,1-3H3. The Hall–Kier alpha value is -0.130. The van der Waals surface area contributed by atoms with Crippen molar-refractivity contribution in [3.05, 3.63) is 0 Å². The van der Waals surface area contributed by atoms with Crippen LogP contribution < -0.4 is 5.32 Å². The summed E-state index contributed by atoms with van der Waals surface area (Å²) in [6.45, 7) is 8.57. The van der Waals surface area contributed by atoms with Crippen LogP contribution in [0.5, 0.6) is 0 Å². The van der Waals surface area contributed by atoms with Crippen molar-refractivity contribution in [1.29, 1.82) is 0 Å². The Morgan fingerprint density at radius 1 is 1.29 bits per heavy atom. The number of sulfonamides is 1. The van der Waals surface area contributed by atoms with Crippen molar-refractivity contribution in [2.24, 2.45) is 5.92 Å². The van der Waals surface area contributed by atoms with Gasteiger partial charge in [0, 0.05) is 12.6 Å². The second-order valence-corrected chi connectivity index (χ2v) is 7.17. The quantitative estimate of drug-likeness (QED) is 0.737. The average molecular weight is 262 g/mol. The summed E-state index contributed by atoms with van der Waals surface area (Å²) in [6, 6.07) is 0.176. The van der Waals surface area contributed by atoms with Gasteiger partial charge in [-0.15, -0.1) is 0 Å². The number of piperidine rings is 1. The van der Waals surface area contributed by atoms with Gasteiger partial charge in [-0.1, -0.05) is 13.8 Å². The molecule has 0 radical (unpaired) electrons. The van der Waals surface area contributed by atoms with Gasteiger partial charge >= 0.3 is 0 Å². The predicted octanol–water partition coefficient (Wildman–Crippen LogP) is 1.44. The molecule has 0 saturated carbocycles. The van der Waals surface area contributed by atoms with Gasteiger partial charge in [0.25, 0.3) is 0 Å². The van der Waals surface area contributed by atoms with Crippen molar-refractivity contribution >= 4 is 10.0 Å². The normalized spacial score (nSPS) is 27.2. The molecule has 1 heterocycles. The molecule has 1 aliphatic rings. The molecule has 1 N–H and O–H groups in total. The molecule has 0 aromatic heterocycles.